The molecule has 6 unspecified atom stereocenters. The summed E-state index contributed by atoms with van der Waals surface area (Å²) in [5, 5.41) is 0. The predicted octanol–water partition coefficient (Wildman–Crippen LogP) is 3.87. The lowest BCUT2D eigenvalue weighted by molar-refractivity contribution is -0.153. The number of carbonyl (C=O) groups excluding carboxylic acids is 3. The number of fused-ring (bicyclic) bond motifs is 1. The van der Waals surface area contributed by atoms with E-state index in [1.165, 1.54) is 13.0 Å². The summed E-state index contributed by atoms with van der Waals surface area (Å²) < 4.78 is 11.1. The molecular weight excluding hydrogens is 344 g/mol. The van der Waals surface area contributed by atoms with E-state index in [0.29, 0.717) is 18.8 Å². The molecule has 6 atom stereocenters. The summed E-state index contributed by atoms with van der Waals surface area (Å²) in [6, 6.07) is 0. The Balaban J connectivity index is 2.28. The Labute approximate surface area is 162 Å². The van der Waals surface area contributed by atoms with E-state index in [0.717, 1.165) is 11.1 Å². The van der Waals surface area contributed by atoms with Crippen molar-refractivity contribution in [1.29, 1.82) is 0 Å². The zero-order chi connectivity index (χ0) is 20.5. The highest BCUT2D eigenvalue weighted by molar-refractivity contribution is 5.86. The molecule has 2 rings (SSSR count). The number of esters is 2. The van der Waals surface area contributed by atoms with Gasteiger partial charge in [0.1, 0.15) is 18.0 Å². The first-order valence-corrected chi connectivity index (χ1v) is 9.77. The largest absolute Gasteiger partial charge is 0.462 e. The molecule has 0 aliphatic heterocycles. The maximum Gasteiger partial charge on any atom is 0.331 e. The van der Waals surface area contributed by atoms with Gasteiger partial charge in [0.15, 0.2) is 0 Å². The fourth-order valence-corrected chi connectivity index (χ4v) is 4.85. The van der Waals surface area contributed by atoms with Crippen molar-refractivity contribution in [3.63, 3.8) is 0 Å². The molecule has 150 valence electrons. The highest BCUT2D eigenvalue weighted by atomic mass is 16.5. The van der Waals surface area contributed by atoms with Gasteiger partial charge < -0.3 is 9.47 Å². The Kier molecular flexibility index (Phi) is 6.66. The first-order valence-electron chi connectivity index (χ1n) is 9.77. The smallest absolute Gasteiger partial charge is 0.331 e. The quantitative estimate of drug-likeness (QED) is 0.414. The Morgan fingerprint density at radius 1 is 1.19 bits per heavy atom. The third-order valence-electron chi connectivity index (χ3n) is 5.92. The molecule has 0 heterocycles. The summed E-state index contributed by atoms with van der Waals surface area (Å²) in [6.07, 6.45) is 1.67. The SMILES string of the molecule is C=C1C(OC(=O)C=C(C)C)CC(C(C)C)C2C1CC(=O)C2C(C)OC(C)=O. The minimum atomic E-state index is -0.455. The standard InChI is InChI=1S/C22H32O5/c1-11(2)8-20(25)27-19-10-16(12(3)4)22-17(13(19)5)9-18(24)21(22)14(6)26-15(7)23/h8,12,14,16-17,19,21-22H,5,9-10H2,1-4,6-7H3. The molecule has 5 heteroatoms. The van der Waals surface area contributed by atoms with Gasteiger partial charge in [-0.25, -0.2) is 4.79 Å². The lowest BCUT2D eigenvalue weighted by atomic mass is 9.63. The number of rotatable bonds is 5. The Hall–Kier alpha value is -1.91. The van der Waals surface area contributed by atoms with Crippen LogP contribution in [0.2, 0.25) is 0 Å². The van der Waals surface area contributed by atoms with Gasteiger partial charge >= 0.3 is 11.9 Å². The van der Waals surface area contributed by atoms with E-state index >= 15 is 0 Å². The Bertz CT molecular complexity index is 656. The molecule has 0 saturated heterocycles. The van der Waals surface area contributed by atoms with Crippen LogP contribution in [0, 0.1) is 29.6 Å². The summed E-state index contributed by atoms with van der Waals surface area (Å²) in [4.78, 5) is 36.3. The third-order valence-corrected chi connectivity index (χ3v) is 5.92. The van der Waals surface area contributed by atoms with Gasteiger partial charge in [0.2, 0.25) is 0 Å². The molecule has 0 aromatic carbocycles. The van der Waals surface area contributed by atoms with Crippen LogP contribution in [0.1, 0.15) is 54.4 Å². The molecule has 0 radical (unpaired) electrons. The molecule has 0 bridgehead atoms. The number of allylic oxidation sites excluding steroid dienone is 1. The van der Waals surface area contributed by atoms with Crippen molar-refractivity contribution in [2.24, 2.45) is 29.6 Å². The van der Waals surface area contributed by atoms with E-state index in [9.17, 15) is 14.4 Å². The van der Waals surface area contributed by atoms with Crippen molar-refractivity contribution in [2.75, 3.05) is 0 Å². The predicted molar refractivity (Wildman–Crippen MR) is 103 cm³/mol. The minimum Gasteiger partial charge on any atom is -0.462 e. The molecule has 27 heavy (non-hydrogen) atoms. The summed E-state index contributed by atoms with van der Waals surface area (Å²) >= 11 is 0. The topological polar surface area (TPSA) is 69.7 Å². The molecular formula is C22H32O5. The van der Waals surface area contributed by atoms with E-state index in [-0.39, 0.29) is 47.5 Å². The highest BCUT2D eigenvalue weighted by Crippen LogP contribution is 2.53. The van der Waals surface area contributed by atoms with E-state index in [1.807, 2.05) is 13.8 Å². The van der Waals surface area contributed by atoms with Gasteiger partial charge in [0, 0.05) is 19.4 Å². The molecule has 0 spiro atoms. The van der Waals surface area contributed by atoms with Crippen LogP contribution in [-0.2, 0) is 23.9 Å². The van der Waals surface area contributed by atoms with Gasteiger partial charge in [-0.15, -0.1) is 0 Å². The maximum atomic E-state index is 12.8. The van der Waals surface area contributed by atoms with Crippen LogP contribution >= 0.6 is 0 Å². The van der Waals surface area contributed by atoms with Crippen LogP contribution < -0.4 is 0 Å². The monoisotopic (exact) mass is 376 g/mol. The molecule has 5 nitrogen and oxygen atoms in total. The van der Waals surface area contributed by atoms with Crippen molar-refractivity contribution >= 4 is 17.7 Å². The lowest BCUT2D eigenvalue weighted by Gasteiger charge is -2.44. The van der Waals surface area contributed by atoms with Crippen LogP contribution in [0.25, 0.3) is 0 Å². The highest BCUT2D eigenvalue weighted by Gasteiger charge is 2.55. The fourth-order valence-electron chi connectivity index (χ4n) is 4.85. The van der Waals surface area contributed by atoms with Crippen LogP contribution in [0.15, 0.2) is 23.8 Å². The van der Waals surface area contributed by atoms with Crippen LogP contribution in [-0.4, -0.2) is 29.9 Å². The molecule has 2 aliphatic carbocycles. The molecule has 0 aromatic heterocycles. The number of hydrogen-bond donors (Lipinski definition) is 0. The normalized spacial score (nSPS) is 31.3. The average molecular weight is 376 g/mol. The van der Waals surface area contributed by atoms with Crippen molar-refractivity contribution in [1.82, 2.24) is 0 Å². The number of ether oxygens (including phenoxy) is 2. The third kappa shape index (κ3) is 4.69. The zero-order valence-electron chi connectivity index (χ0n) is 17.3. The lowest BCUT2D eigenvalue weighted by Crippen LogP contribution is -2.44. The Morgan fingerprint density at radius 3 is 2.33 bits per heavy atom. The number of carbonyl (C=O) groups is 3. The van der Waals surface area contributed by atoms with Gasteiger partial charge in [0.05, 0.1) is 5.92 Å². The molecule has 2 aliphatic rings. The van der Waals surface area contributed by atoms with Gasteiger partial charge in [-0.2, -0.15) is 0 Å². The molecule has 2 fully saturated rings. The van der Waals surface area contributed by atoms with Crippen molar-refractivity contribution in [3.8, 4) is 0 Å². The number of ketones is 1. The van der Waals surface area contributed by atoms with E-state index in [1.54, 1.807) is 6.92 Å². The van der Waals surface area contributed by atoms with Gasteiger partial charge in [-0.1, -0.05) is 26.0 Å². The summed E-state index contributed by atoms with van der Waals surface area (Å²) in [5.41, 5.74) is 1.70. The average Bonchev–Trinajstić information content (AvgIpc) is 2.85. The number of hydrogen-bond acceptors (Lipinski definition) is 5. The first kappa shape index (κ1) is 21.4. The van der Waals surface area contributed by atoms with Crippen molar-refractivity contribution in [3.05, 3.63) is 23.8 Å². The summed E-state index contributed by atoms with van der Waals surface area (Å²) in [6.45, 7) is 15.3. The van der Waals surface area contributed by atoms with Crippen molar-refractivity contribution in [2.45, 2.75) is 66.6 Å². The maximum absolute atomic E-state index is 12.8. The minimum absolute atomic E-state index is 0.0360. The van der Waals surface area contributed by atoms with Crippen LogP contribution in [0.4, 0.5) is 0 Å². The van der Waals surface area contributed by atoms with Gasteiger partial charge in [0.25, 0.3) is 0 Å². The molecule has 0 aromatic rings. The van der Waals surface area contributed by atoms with Crippen LogP contribution in [0.5, 0.6) is 0 Å². The first-order chi connectivity index (χ1) is 12.5. The van der Waals surface area contributed by atoms with E-state index in [4.69, 9.17) is 9.47 Å². The summed E-state index contributed by atoms with van der Waals surface area (Å²) in [7, 11) is 0. The number of Topliss-reactive ketones (excluding diaryl/α,β-unsaturated/α-hetero) is 1. The molecule has 0 N–H and O–H groups in total. The second-order valence-corrected chi connectivity index (χ2v) is 8.56. The van der Waals surface area contributed by atoms with Gasteiger partial charge in [-0.3, -0.25) is 9.59 Å². The van der Waals surface area contributed by atoms with Crippen molar-refractivity contribution < 1.29 is 23.9 Å². The van der Waals surface area contributed by atoms with E-state index in [2.05, 4.69) is 20.4 Å². The molecule has 0 amide bonds. The second kappa shape index (κ2) is 8.41. The Morgan fingerprint density at radius 2 is 1.81 bits per heavy atom. The van der Waals surface area contributed by atoms with Crippen LogP contribution in [0.3, 0.4) is 0 Å². The second-order valence-electron chi connectivity index (χ2n) is 8.56. The van der Waals surface area contributed by atoms with E-state index < -0.39 is 6.10 Å². The summed E-state index contributed by atoms with van der Waals surface area (Å²) in [5.74, 6) is -0.407. The van der Waals surface area contributed by atoms with Gasteiger partial charge in [-0.05, 0) is 56.4 Å². The zero-order valence-corrected chi connectivity index (χ0v) is 17.3. The fraction of sp³-hybridized carbons (Fsp3) is 0.682. The molecule has 2 saturated carbocycles.